The number of halogens is 5. The Morgan fingerprint density at radius 3 is 2.18 bits per heavy atom. The second kappa shape index (κ2) is 15.6. The van der Waals surface area contributed by atoms with Crippen molar-refractivity contribution >= 4 is 45.5 Å². The van der Waals surface area contributed by atoms with Gasteiger partial charge in [-0.1, -0.05) is 28.1 Å². The molecule has 0 radical (unpaired) electrons. The average Bonchev–Trinajstić information content (AvgIpc) is 3.55. The molecule has 1 aromatic heterocycles. The molecule has 2 aromatic carbocycles. The Labute approximate surface area is 293 Å². The first-order valence-corrected chi connectivity index (χ1v) is 16.5. The molecule has 1 aliphatic carbocycles. The lowest BCUT2D eigenvalue weighted by Crippen LogP contribution is -2.48. The first kappa shape index (κ1) is 38.3. The van der Waals surface area contributed by atoms with Gasteiger partial charge >= 0.3 is 23.9 Å². The van der Waals surface area contributed by atoms with E-state index in [0.717, 1.165) is 10.0 Å². The molecule has 4 rings (SSSR count). The van der Waals surface area contributed by atoms with Crippen LogP contribution in [-0.2, 0) is 31.5 Å². The average molecular weight is 770 g/mol. The molecule has 270 valence electrons. The molecule has 1 saturated carbocycles. The van der Waals surface area contributed by atoms with Crippen LogP contribution in [-0.4, -0.2) is 68.3 Å². The van der Waals surface area contributed by atoms with Crippen LogP contribution in [0.5, 0.6) is 0 Å². The van der Waals surface area contributed by atoms with Crippen molar-refractivity contribution in [2.45, 2.75) is 76.4 Å². The highest BCUT2D eigenvalue weighted by Gasteiger charge is 2.66. The summed E-state index contributed by atoms with van der Waals surface area (Å²) in [6.07, 6.45) is 2.24. The first-order chi connectivity index (χ1) is 23.4. The van der Waals surface area contributed by atoms with Crippen molar-refractivity contribution < 1.29 is 46.6 Å². The summed E-state index contributed by atoms with van der Waals surface area (Å²) in [5.41, 5.74) is 0.582. The molecule has 12 nitrogen and oxygen atoms in total. The van der Waals surface area contributed by atoms with Crippen molar-refractivity contribution in [2.24, 2.45) is 11.8 Å². The monoisotopic (exact) mass is 768 g/mol. The van der Waals surface area contributed by atoms with Crippen molar-refractivity contribution in [3.8, 4) is 11.4 Å². The van der Waals surface area contributed by atoms with Crippen LogP contribution >= 0.6 is 15.9 Å². The zero-order valence-electron chi connectivity index (χ0n) is 27.4. The molecule has 1 unspecified atom stereocenters. The summed E-state index contributed by atoms with van der Waals surface area (Å²) in [6.45, 7) is 5.77. The fraction of sp³-hybridized carbons (Fsp3) is 0.455. The minimum Gasteiger partial charge on any atom is -0.477 e. The molecule has 0 spiro atoms. The number of aromatic amines is 1. The van der Waals surface area contributed by atoms with Crippen LogP contribution in [0.2, 0.25) is 0 Å². The molecule has 0 saturated heterocycles. The van der Waals surface area contributed by atoms with Gasteiger partial charge in [0.25, 0.3) is 0 Å². The standard InChI is InChI=1S/C33H37BrF4N6O6/c1-31(2,3)50-30(49)39-17-19-4-8-21(9-5-19)26(45)41-24(16-18-6-12-22(34)13-7-18)27(46)40-23-14-10-20(11-15-23)25-42-28(44-43-25)32(35,36)33(37,38)29(47)48/h6-7,10-15,19,21,24H,4-5,8-9,16-17H2,1-3H3,(H,39,49)(H,40,46)(H,41,45)(H,47,48)(H,42,43,44)/t19-,21-,24?. The maximum Gasteiger partial charge on any atom is 0.411 e. The van der Waals surface area contributed by atoms with E-state index in [1.54, 1.807) is 20.8 Å². The van der Waals surface area contributed by atoms with Crippen molar-refractivity contribution in [3.63, 3.8) is 0 Å². The fourth-order valence-corrected chi connectivity index (χ4v) is 5.54. The van der Waals surface area contributed by atoms with E-state index >= 15 is 0 Å². The molecule has 3 amide bonds. The van der Waals surface area contributed by atoms with Gasteiger partial charge in [-0.15, -0.1) is 0 Å². The normalized spacial score (nSPS) is 17.4. The van der Waals surface area contributed by atoms with Gasteiger partial charge in [0.15, 0.2) is 5.82 Å². The maximum atomic E-state index is 14.1. The molecular weight excluding hydrogens is 732 g/mol. The molecule has 1 aliphatic rings. The van der Waals surface area contributed by atoms with E-state index in [4.69, 9.17) is 9.84 Å². The number of alkyl halides is 4. The van der Waals surface area contributed by atoms with Crippen LogP contribution in [0, 0.1) is 11.8 Å². The number of nitrogens with zero attached hydrogens (tertiary/aromatic N) is 2. The third-order valence-corrected chi connectivity index (χ3v) is 8.52. The van der Waals surface area contributed by atoms with Gasteiger partial charge in [-0.2, -0.15) is 22.7 Å². The smallest absolute Gasteiger partial charge is 0.411 e. The van der Waals surface area contributed by atoms with E-state index in [1.165, 1.54) is 24.3 Å². The third-order valence-electron chi connectivity index (χ3n) is 7.99. The number of carboxylic acids is 1. The van der Waals surface area contributed by atoms with Gasteiger partial charge in [0, 0.05) is 34.6 Å². The Morgan fingerprint density at radius 2 is 1.60 bits per heavy atom. The molecule has 1 atom stereocenters. The summed E-state index contributed by atoms with van der Waals surface area (Å²) < 4.78 is 61.5. The number of alkyl carbamates (subject to hydrolysis) is 1. The van der Waals surface area contributed by atoms with Crippen LogP contribution in [0.1, 0.15) is 57.8 Å². The lowest BCUT2D eigenvalue weighted by molar-refractivity contribution is -0.231. The first-order valence-electron chi connectivity index (χ1n) is 15.7. The van der Waals surface area contributed by atoms with E-state index in [0.29, 0.717) is 32.2 Å². The Hall–Kier alpha value is -4.54. The van der Waals surface area contributed by atoms with Crippen LogP contribution < -0.4 is 16.0 Å². The number of carboxylic acid groups (broad SMARTS) is 1. The zero-order chi connectivity index (χ0) is 36.9. The summed E-state index contributed by atoms with van der Waals surface area (Å²) in [4.78, 5) is 52.9. The molecule has 17 heteroatoms. The number of aliphatic carboxylic acids is 1. The highest BCUT2D eigenvalue weighted by atomic mass is 79.9. The van der Waals surface area contributed by atoms with E-state index in [2.05, 4.69) is 47.1 Å². The zero-order valence-corrected chi connectivity index (χ0v) is 29.0. The molecule has 0 bridgehead atoms. The number of nitrogens with one attached hydrogen (secondary N) is 4. The van der Waals surface area contributed by atoms with Gasteiger partial charge in [-0.3, -0.25) is 14.7 Å². The highest BCUT2D eigenvalue weighted by Crippen LogP contribution is 2.42. The maximum absolute atomic E-state index is 14.1. The quantitative estimate of drug-likeness (QED) is 0.139. The number of H-pyrrole nitrogens is 1. The van der Waals surface area contributed by atoms with Gasteiger partial charge in [0.1, 0.15) is 11.6 Å². The number of amides is 3. The predicted octanol–water partition coefficient (Wildman–Crippen LogP) is 6.04. The Morgan fingerprint density at radius 1 is 0.980 bits per heavy atom. The summed E-state index contributed by atoms with van der Waals surface area (Å²) in [6, 6.07) is 11.8. The molecule has 1 heterocycles. The van der Waals surface area contributed by atoms with Crippen LogP contribution in [0.25, 0.3) is 11.4 Å². The van der Waals surface area contributed by atoms with Crippen molar-refractivity contribution in [1.82, 2.24) is 25.8 Å². The van der Waals surface area contributed by atoms with Gasteiger partial charge in [-0.25, -0.2) is 14.6 Å². The number of benzene rings is 2. The number of carbonyl (C=O) groups is 4. The molecule has 3 aromatic rings. The largest absolute Gasteiger partial charge is 0.477 e. The summed E-state index contributed by atoms with van der Waals surface area (Å²) in [5, 5.41) is 22.1. The molecule has 50 heavy (non-hydrogen) atoms. The van der Waals surface area contributed by atoms with Gasteiger partial charge < -0.3 is 25.8 Å². The van der Waals surface area contributed by atoms with E-state index in [9.17, 15) is 36.7 Å². The minimum atomic E-state index is -5.44. The molecule has 0 aliphatic heterocycles. The Balaban J connectivity index is 1.39. The van der Waals surface area contributed by atoms with Crippen LogP contribution in [0.3, 0.4) is 0 Å². The second-order valence-electron chi connectivity index (χ2n) is 13.0. The lowest BCUT2D eigenvalue weighted by atomic mass is 9.81. The topological polar surface area (TPSA) is 175 Å². The number of anilines is 1. The van der Waals surface area contributed by atoms with Gasteiger partial charge in [-0.05, 0) is 94.3 Å². The number of aromatic nitrogens is 3. The fourth-order valence-electron chi connectivity index (χ4n) is 5.27. The summed E-state index contributed by atoms with van der Waals surface area (Å²) in [5.74, 6) is -16.6. The summed E-state index contributed by atoms with van der Waals surface area (Å²) in [7, 11) is 0. The van der Waals surface area contributed by atoms with Gasteiger partial charge in [0.05, 0.1) is 0 Å². The predicted molar refractivity (Wildman–Crippen MR) is 176 cm³/mol. The number of hydrogen-bond donors (Lipinski definition) is 5. The van der Waals surface area contributed by atoms with Crippen molar-refractivity contribution in [3.05, 3.63) is 64.4 Å². The number of carbonyl (C=O) groups excluding carboxylic acids is 3. The number of rotatable bonds is 12. The van der Waals surface area contributed by atoms with Crippen molar-refractivity contribution in [2.75, 3.05) is 11.9 Å². The van der Waals surface area contributed by atoms with E-state index in [-0.39, 0.29) is 41.2 Å². The van der Waals surface area contributed by atoms with E-state index < -0.39 is 47.3 Å². The molecule has 1 fully saturated rings. The third kappa shape index (κ3) is 9.79. The summed E-state index contributed by atoms with van der Waals surface area (Å²) >= 11 is 3.38. The van der Waals surface area contributed by atoms with Gasteiger partial charge in [0.2, 0.25) is 17.6 Å². The number of ether oxygens (including phenoxy) is 1. The highest BCUT2D eigenvalue weighted by molar-refractivity contribution is 9.10. The van der Waals surface area contributed by atoms with E-state index in [1.807, 2.05) is 24.3 Å². The number of hydrogen-bond acceptors (Lipinski definition) is 7. The molecular formula is C33H37BrF4N6O6. The SMILES string of the molecule is CC(C)(C)OC(=O)NC[C@H]1CC[C@H](C(=O)NC(Cc2ccc(Br)cc2)C(=O)Nc2ccc(-c3nc(C(F)(F)C(F)(F)C(=O)O)n[nH]3)cc2)CC1. The lowest BCUT2D eigenvalue weighted by Gasteiger charge is -2.29. The minimum absolute atomic E-state index is 0.132. The van der Waals surface area contributed by atoms with Crippen molar-refractivity contribution in [1.29, 1.82) is 0 Å². The second-order valence-corrected chi connectivity index (χ2v) is 13.9. The van der Waals surface area contributed by atoms with Crippen LogP contribution in [0.15, 0.2) is 53.0 Å². The van der Waals surface area contributed by atoms with Crippen LogP contribution in [0.4, 0.5) is 28.0 Å². The molecule has 5 N–H and O–H groups in total. The Kier molecular flexibility index (Phi) is 11.9. The Bertz CT molecular complexity index is 1670.